The molecule has 0 aromatic heterocycles. The summed E-state index contributed by atoms with van der Waals surface area (Å²) in [6.45, 7) is 2.58. The second kappa shape index (κ2) is 8.86. The van der Waals surface area contributed by atoms with Crippen molar-refractivity contribution in [3.8, 4) is 0 Å². The van der Waals surface area contributed by atoms with E-state index in [0.29, 0.717) is 25.0 Å². The van der Waals surface area contributed by atoms with Crippen molar-refractivity contribution in [2.24, 2.45) is 10.7 Å². The van der Waals surface area contributed by atoms with Crippen LogP contribution in [0.4, 0.5) is 5.69 Å². The first-order valence-corrected chi connectivity index (χ1v) is 7.06. The Bertz CT molecular complexity index is 500. The number of amides is 1. The van der Waals surface area contributed by atoms with E-state index >= 15 is 0 Å². The number of rotatable bonds is 6. The number of nitrogens with zero attached hydrogens (tertiary/aromatic N) is 1. The fourth-order valence-corrected chi connectivity index (χ4v) is 1.88. The number of carbonyl (C=O) groups is 1. The highest BCUT2D eigenvalue weighted by atomic mass is 127. The summed E-state index contributed by atoms with van der Waals surface area (Å²) in [6.07, 6.45) is 3.47. The molecule has 0 unspecified atom stereocenters. The first-order chi connectivity index (χ1) is 9.63. The Morgan fingerprint density at radius 3 is 2.86 bits per heavy atom. The minimum atomic E-state index is 0. The standard InChI is InChI=1S/C15H22N4O.HI/c1-11-4-2-5-13(10-11)19-15(16)17-9-3-6-14(20)18-12-7-8-12;/h2,4-5,10,12H,3,6-9H2,1H3,(H,18,20)(H3,16,17,19);1H. The molecule has 1 aromatic rings. The molecular formula is C15H23IN4O. The number of guanidine groups is 1. The van der Waals surface area contributed by atoms with Gasteiger partial charge < -0.3 is 16.4 Å². The van der Waals surface area contributed by atoms with E-state index in [2.05, 4.69) is 15.6 Å². The first-order valence-electron chi connectivity index (χ1n) is 7.06. The minimum Gasteiger partial charge on any atom is -0.370 e. The van der Waals surface area contributed by atoms with E-state index in [0.717, 1.165) is 24.9 Å². The molecule has 0 bridgehead atoms. The predicted octanol–water partition coefficient (Wildman–Crippen LogP) is 2.40. The Morgan fingerprint density at radius 2 is 2.19 bits per heavy atom. The van der Waals surface area contributed by atoms with Gasteiger partial charge in [-0.1, -0.05) is 12.1 Å². The van der Waals surface area contributed by atoms with Crippen molar-refractivity contribution < 1.29 is 4.79 Å². The van der Waals surface area contributed by atoms with Crippen molar-refractivity contribution >= 4 is 41.5 Å². The highest BCUT2D eigenvalue weighted by molar-refractivity contribution is 14.0. The fraction of sp³-hybridized carbons (Fsp3) is 0.467. The second-order valence-electron chi connectivity index (χ2n) is 5.21. The van der Waals surface area contributed by atoms with E-state index in [-0.39, 0.29) is 29.9 Å². The third kappa shape index (κ3) is 7.31. The van der Waals surface area contributed by atoms with Gasteiger partial charge in [0.15, 0.2) is 5.96 Å². The lowest BCUT2D eigenvalue weighted by Gasteiger charge is -2.06. The smallest absolute Gasteiger partial charge is 0.220 e. The van der Waals surface area contributed by atoms with E-state index in [1.165, 1.54) is 5.56 Å². The molecule has 1 fully saturated rings. The Kier molecular flexibility index (Phi) is 7.49. The lowest BCUT2D eigenvalue weighted by atomic mass is 10.2. The van der Waals surface area contributed by atoms with Crippen molar-refractivity contribution in [1.29, 1.82) is 0 Å². The van der Waals surface area contributed by atoms with Gasteiger partial charge in [0.1, 0.15) is 0 Å². The summed E-state index contributed by atoms with van der Waals surface area (Å²) < 4.78 is 0. The highest BCUT2D eigenvalue weighted by Gasteiger charge is 2.22. The van der Waals surface area contributed by atoms with Gasteiger partial charge in [-0.25, -0.2) is 0 Å². The van der Waals surface area contributed by atoms with Crippen LogP contribution in [0.3, 0.4) is 0 Å². The number of aryl methyl sites for hydroxylation is 1. The van der Waals surface area contributed by atoms with E-state index in [9.17, 15) is 4.79 Å². The molecule has 0 aliphatic heterocycles. The van der Waals surface area contributed by atoms with E-state index in [1.807, 2.05) is 31.2 Å². The van der Waals surface area contributed by atoms with Crippen LogP contribution in [-0.4, -0.2) is 24.5 Å². The first kappa shape index (κ1) is 17.7. The van der Waals surface area contributed by atoms with Gasteiger partial charge in [-0.3, -0.25) is 9.79 Å². The summed E-state index contributed by atoms with van der Waals surface area (Å²) in [6, 6.07) is 8.37. The summed E-state index contributed by atoms with van der Waals surface area (Å²) in [7, 11) is 0. The van der Waals surface area contributed by atoms with E-state index in [1.54, 1.807) is 0 Å². The van der Waals surface area contributed by atoms with Gasteiger partial charge in [-0.05, 0) is 43.9 Å². The quantitative estimate of drug-likeness (QED) is 0.296. The van der Waals surface area contributed by atoms with E-state index in [4.69, 9.17) is 5.73 Å². The van der Waals surface area contributed by atoms with Crippen LogP contribution in [-0.2, 0) is 4.79 Å². The van der Waals surface area contributed by atoms with Crippen LogP contribution in [0, 0.1) is 6.92 Å². The lowest BCUT2D eigenvalue weighted by Crippen LogP contribution is -2.25. The molecule has 0 radical (unpaired) electrons. The molecule has 0 heterocycles. The van der Waals surface area contributed by atoms with Gasteiger partial charge in [0.05, 0.1) is 0 Å². The van der Waals surface area contributed by atoms with Crippen LogP contribution in [0.5, 0.6) is 0 Å². The Hall–Kier alpha value is -1.31. The summed E-state index contributed by atoms with van der Waals surface area (Å²) in [5.41, 5.74) is 7.90. The zero-order valence-electron chi connectivity index (χ0n) is 12.3. The van der Waals surface area contributed by atoms with Crippen LogP contribution in [0.15, 0.2) is 29.3 Å². The number of aliphatic imine (C=N–C) groups is 1. The molecule has 0 spiro atoms. The number of benzene rings is 1. The topological polar surface area (TPSA) is 79.5 Å². The fourth-order valence-electron chi connectivity index (χ4n) is 1.88. The summed E-state index contributed by atoms with van der Waals surface area (Å²) in [5.74, 6) is 0.506. The average Bonchev–Trinajstić information content (AvgIpc) is 3.18. The number of carbonyl (C=O) groups excluding carboxylic acids is 1. The van der Waals surface area contributed by atoms with Crippen molar-refractivity contribution in [2.75, 3.05) is 11.9 Å². The second-order valence-corrected chi connectivity index (χ2v) is 5.21. The maximum absolute atomic E-state index is 11.5. The summed E-state index contributed by atoms with van der Waals surface area (Å²) in [4.78, 5) is 15.7. The predicted molar refractivity (Wildman–Crippen MR) is 97.1 cm³/mol. The molecule has 1 aliphatic rings. The molecule has 4 N–H and O–H groups in total. The number of nitrogens with one attached hydrogen (secondary N) is 2. The highest BCUT2D eigenvalue weighted by Crippen LogP contribution is 2.18. The number of hydrogen-bond donors (Lipinski definition) is 3. The summed E-state index contributed by atoms with van der Waals surface area (Å²) in [5, 5.41) is 5.99. The van der Waals surface area contributed by atoms with Gasteiger partial charge >= 0.3 is 0 Å². The minimum absolute atomic E-state index is 0. The number of halogens is 1. The molecule has 1 aromatic carbocycles. The van der Waals surface area contributed by atoms with Crippen LogP contribution in [0.25, 0.3) is 0 Å². The molecule has 116 valence electrons. The third-order valence-corrected chi connectivity index (χ3v) is 3.08. The zero-order chi connectivity index (χ0) is 14.4. The molecule has 1 amide bonds. The van der Waals surface area contributed by atoms with Crippen LogP contribution >= 0.6 is 24.0 Å². The maximum Gasteiger partial charge on any atom is 0.220 e. The number of anilines is 1. The molecule has 21 heavy (non-hydrogen) atoms. The molecule has 1 saturated carbocycles. The molecule has 0 atom stereocenters. The molecule has 1 aliphatic carbocycles. The Balaban J connectivity index is 0.00000220. The van der Waals surface area contributed by atoms with Gasteiger partial charge in [0.2, 0.25) is 5.91 Å². The van der Waals surface area contributed by atoms with Crippen molar-refractivity contribution in [1.82, 2.24) is 5.32 Å². The molecule has 5 nitrogen and oxygen atoms in total. The van der Waals surface area contributed by atoms with Crippen LogP contribution in [0.2, 0.25) is 0 Å². The average molecular weight is 402 g/mol. The largest absolute Gasteiger partial charge is 0.370 e. The molecular weight excluding hydrogens is 379 g/mol. The monoisotopic (exact) mass is 402 g/mol. The van der Waals surface area contributed by atoms with Crippen molar-refractivity contribution in [3.05, 3.63) is 29.8 Å². The third-order valence-electron chi connectivity index (χ3n) is 3.08. The van der Waals surface area contributed by atoms with Gasteiger partial charge in [-0.15, -0.1) is 24.0 Å². The Morgan fingerprint density at radius 1 is 1.43 bits per heavy atom. The van der Waals surface area contributed by atoms with Gasteiger partial charge in [-0.2, -0.15) is 0 Å². The van der Waals surface area contributed by atoms with Crippen molar-refractivity contribution in [3.63, 3.8) is 0 Å². The van der Waals surface area contributed by atoms with Crippen LogP contribution in [0.1, 0.15) is 31.2 Å². The molecule has 2 rings (SSSR count). The van der Waals surface area contributed by atoms with Gasteiger partial charge in [0, 0.05) is 24.7 Å². The molecule has 0 saturated heterocycles. The number of hydrogen-bond acceptors (Lipinski definition) is 2. The normalized spacial score (nSPS) is 14.2. The molecule has 6 heteroatoms. The summed E-state index contributed by atoms with van der Waals surface area (Å²) >= 11 is 0. The lowest BCUT2D eigenvalue weighted by molar-refractivity contribution is -0.121. The van der Waals surface area contributed by atoms with E-state index < -0.39 is 0 Å². The van der Waals surface area contributed by atoms with Gasteiger partial charge in [0.25, 0.3) is 0 Å². The zero-order valence-corrected chi connectivity index (χ0v) is 14.6. The van der Waals surface area contributed by atoms with Crippen LogP contribution < -0.4 is 16.4 Å². The Labute approximate surface area is 142 Å². The SMILES string of the molecule is Cc1cccc(NC(N)=NCCCC(=O)NC2CC2)c1.I. The number of nitrogens with two attached hydrogens (primary N) is 1. The maximum atomic E-state index is 11.5. The van der Waals surface area contributed by atoms with Crippen molar-refractivity contribution in [2.45, 2.75) is 38.6 Å².